The van der Waals surface area contributed by atoms with Crippen molar-refractivity contribution in [2.45, 2.75) is 13.3 Å². The summed E-state index contributed by atoms with van der Waals surface area (Å²) < 4.78 is 6.75. The molecule has 0 atom stereocenters. The monoisotopic (exact) mass is 388 g/mol. The molecule has 0 radical (unpaired) electrons. The zero-order chi connectivity index (χ0) is 19.3. The number of thiazole rings is 1. The van der Waals surface area contributed by atoms with Gasteiger partial charge in [0, 0.05) is 11.3 Å². The Labute approximate surface area is 167 Å². The van der Waals surface area contributed by atoms with Crippen LogP contribution in [0, 0.1) is 6.92 Å². The van der Waals surface area contributed by atoms with E-state index in [1.165, 1.54) is 10.3 Å². The van der Waals surface area contributed by atoms with E-state index in [9.17, 15) is 4.79 Å². The van der Waals surface area contributed by atoms with Gasteiger partial charge in [0.1, 0.15) is 10.8 Å². The van der Waals surface area contributed by atoms with Crippen molar-refractivity contribution >= 4 is 33.1 Å². The second-order valence-corrected chi connectivity index (χ2v) is 7.56. The number of rotatable bonds is 6. The molecule has 0 spiro atoms. The number of aryl methyl sites for hydroxylation is 1. The van der Waals surface area contributed by atoms with Crippen LogP contribution in [0.4, 0.5) is 5.69 Å². The van der Waals surface area contributed by atoms with Crippen LogP contribution in [-0.4, -0.2) is 17.5 Å². The molecular weight excluding hydrogens is 368 g/mol. The average Bonchev–Trinajstić information content (AvgIpc) is 3.12. The lowest BCUT2D eigenvalue weighted by molar-refractivity contribution is -0.116. The maximum absolute atomic E-state index is 12.1. The normalized spacial score (nSPS) is 10.8. The number of carbonyl (C=O) groups is 1. The van der Waals surface area contributed by atoms with Gasteiger partial charge in [0.2, 0.25) is 5.91 Å². The number of hydrogen-bond donors (Lipinski definition) is 1. The van der Waals surface area contributed by atoms with Gasteiger partial charge in [-0.15, -0.1) is 11.3 Å². The van der Waals surface area contributed by atoms with Crippen molar-refractivity contribution in [3.8, 4) is 16.3 Å². The lowest BCUT2D eigenvalue weighted by Crippen LogP contribution is -2.15. The number of anilines is 1. The molecule has 28 heavy (non-hydrogen) atoms. The highest BCUT2D eigenvalue weighted by Gasteiger charge is 2.08. The Morgan fingerprint density at radius 2 is 1.82 bits per heavy atom. The molecule has 0 bridgehead atoms. The quantitative estimate of drug-likeness (QED) is 0.462. The number of benzene rings is 3. The third-order valence-corrected chi connectivity index (χ3v) is 5.37. The third-order valence-electron chi connectivity index (χ3n) is 4.30. The summed E-state index contributed by atoms with van der Waals surface area (Å²) in [5.74, 6) is 0.699. The van der Waals surface area contributed by atoms with Crippen molar-refractivity contribution in [3.63, 3.8) is 0 Å². The molecule has 4 aromatic rings. The van der Waals surface area contributed by atoms with E-state index in [0.717, 1.165) is 27.5 Å². The number of ether oxygens (including phenoxy) is 1. The van der Waals surface area contributed by atoms with Crippen LogP contribution in [0.25, 0.3) is 20.8 Å². The largest absolute Gasteiger partial charge is 0.493 e. The maximum Gasteiger partial charge on any atom is 0.227 e. The molecule has 0 saturated carbocycles. The first kappa shape index (κ1) is 18.2. The molecule has 4 nitrogen and oxygen atoms in total. The van der Waals surface area contributed by atoms with Gasteiger partial charge in [-0.1, -0.05) is 24.3 Å². The molecule has 0 aliphatic carbocycles. The molecule has 1 aromatic heterocycles. The molecule has 0 aliphatic heterocycles. The van der Waals surface area contributed by atoms with E-state index < -0.39 is 0 Å². The SMILES string of the molecule is Cc1ccc2nc(-c3ccc(NC(=O)CCOc4ccccc4)cc3)sc2c1. The summed E-state index contributed by atoms with van der Waals surface area (Å²) >= 11 is 1.68. The van der Waals surface area contributed by atoms with Crippen molar-refractivity contribution in [2.24, 2.45) is 0 Å². The fourth-order valence-electron chi connectivity index (χ4n) is 2.85. The maximum atomic E-state index is 12.1. The Morgan fingerprint density at radius 3 is 2.61 bits per heavy atom. The first-order chi connectivity index (χ1) is 13.7. The van der Waals surface area contributed by atoms with Gasteiger partial charge in [-0.05, 0) is 61.0 Å². The Balaban J connectivity index is 1.35. The average molecular weight is 388 g/mol. The van der Waals surface area contributed by atoms with Crippen molar-refractivity contribution in [1.82, 2.24) is 4.98 Å². The zero-order valence-electron chi connectivity index (χ0n) is 15.5. The Bertz CT molecular complexity index is 1090. The van der Waals surface area contributed by atoms with Crippen LogP contribution in [0.3, 0.4) is 0 Å². The number of aromatic nitrogens is 1. The molecule has 140 valence electrons. The van der Waals surface area contributed by atoms with Crippen LogP contribution in [0.1, 0.15) is 12.0 Å². The number of carbonyl (C=O) groups excluding carboxylic acids is 1. The molecule has 5 heteroatoms. The van der Waals surface area contributed by atoms with Gasteiger partial charge in [0.05, 0.1) is 23.2 Å². The van der Waals surface area contributed by atoms with E-state index in [1.807, 2.05) is 54.6 Å². The highest BCUT2D eigenvalue weighted by Crippen LogP contribution is 2.31. The van der Waals surface area contributed by atoms with Crippen molar-refractivity contribution < 1.29 is 9.53 Å². The molecule has 0 saturated heterocycles. The Morgan fingerprint density at radius 1 is 1.04 bits per heavy atom. The van der Waals surface area contributed by atoms with Gasteiger partial charge in [-0.2, -0.15) is 0 Å². The van der Waals surface area contributed by atoms with Gasteiger partial charge >= 0.3 is 0 Å². The number of para-hydroxylation sites is 1. The summed E-state index contributed by atoms with van der Waals surface area (Å²) in [4.78, 5) is 16.8. The van der Waals surface area contributed by atoms with Crippen LogP contribution < -0.4 is 10.1 Å². The second-order valence-electron chi connectivity index (χ2n) is 6.53. The van der Waals surface area contributed by atoms with Gasteiger partial charge in [-0.25, -0.2) is 4.98 Å². The van der Waals surface area contributed by atoms with Crippen molar-refractivity contribution in [2.75, 3.05) is 11.9 Å². The van der Waals surface area contributed by atoms with E-state index in [4.69, 9.17) is 9.72 Å². The van der Waals surface area contributed by atoms with E-state index in [1.54, 1.807) is 11.3 Å². The molecule has 1 N–H and O–H groups in total. The minimum Gasteiger partial charge on any atom is -0.493 e. The van der Waals surface area contributed by atoms with E-state index in [-0.39, 0.29) is 5.91 Å². The molecule has 0 unspecified atom stereocenters. The molecule has 4 rings (SSSR count). The van der Waals surface area contributed by atoms with Crippen LogP contribution >= 0.6 is 11.3 Å². The molecule has 0 aliphatic rings. The lowest BCUT2D eigenvalue weighted by Gasteiger charge is -2.07. The standard InChI is InChI=1S/C23H20N2O2S/c1-16-7-12-20-21(15-16)28-23(25-20)17-8-10-18(11-9-17)24-22(26)13-14-27-19-5-3-2-4-6-19/h2-12,15H,13-14H2,1H3,(H,24,26). The summed E-state index contributed by atoms with van der Waals surface area (Å²) in [5, 5.41) is 3.89. The fourth-order valence-corrected chi connectivity index (χ4v) is 3.92. The number of nitrogens with zero attached hydrogens (tertiary/aromatic N) is 1. The highest BCUT2D eigenvalue weighted by atomic mass is 32.1. The summed E-state index contributed by atoms with van der Waals surface area (Å²) in [6.45, 7) is 2.43. The predicted octanol–water partition coefficient (Wildman–Crippen LogP) is 5.68. The lowest BCUT2D eigenvalue weighted by atomic mass is 10.2. The van der Waals surface area contributed by atoms with Gasteiger partial charge in [0.25, 0.3) is 0 Å². The first-order valence-electron chi connectivity index (χ1n) is 9.13. The number of fused-ring (bicyclic) bond motifs is 1. The molecule has 0 fully saturated rings. The summed E-state index contributed by atoms with van der Waals surface area (Å²) in [6.07, 6.45) is 0.299. The van der Waals surface area contributed by atoms with Crippen LogP contribution in [0.2, 0.25) is 0 Å². The smallest absolute Gasteiger partial charge is 0.227 e. The third kappa shape index (κ3) is 4.38. The Hall–Kier alpha value is -3.18. The summed E-state index contributed by atoms with van der Waals surface area (Å²) in [6, 6.07) is 23.6. The molecule has 1 heterocycles. The van der Waals surface area contributed by atoms with Crippen LogP contribution in [-0.2, 0) is 4.79 Å². The Kier molecular flexibility index (Phi) is 5.35. The number of amides is 1. The fraction of sp³-hybridized carbons (Fsp3) is 0.130. The van der Waals surface area contributed by atoms with E-state index in [0.29, 0.717) is 13.0 Å². The first-order valence-corrected chi connectivity index (χ1v) is 9.94. The van der Waals surface area contributed by atoms with Crippen LogP contribution in [0.15, 0.2) is 72.8 Å². The van der Waals surface area contributed by atoms with Crippen molar-refractivity contribution in [3.05, 3.63) is 78.4 Å². The van der Waals surface area contributed by atoms with E-state index in [2.05, 4.69) is 30.4 Å². The second kappa shape index (κ2) is 8.23. The predicted molar refractivity (Wildman–Crippen MR) is 115 cm³/mol. The minimum atomic E-state index is -0.0702. The van der Waals surface area contributed by atoms with Crippen LogP contribution in [0.5, 0.6) is 5.75 Å². The number of nitrogens with one attached hydrogen (secondary N) is 1. The van der Waals surface area contributed by atoms with Crippen molar-refractivity contribution in [1.29, 1.82) is 0 Å². The molecule has 3 aromatic carbocycles. The number of hydrogen-bond acceptors (Lipinski definition) is 4. The van der Waals surface area contributed by atoms with Gasteiger partial charge in [0.15, 0.2) is 0 Å². The zero-order valence-corrected chi connectivity index (χ0v) is 16.3. The van der Waals surface area contributed by atoms with Gasteiger partial charge < -0.3 is 10.1 Å². The molecular formula is C23H20N2O2S. The topological polar surface area (TPSA) is 51.2 Å². The molecule has 1 amide bonds. The highest BCUT2D eigenvalue weighted by molar-refractivity contribution is 7.21. The van der Waals surface area contributed by atoms with E-state index >= 15 is 0 Å². The van der Waals surface area contributed by atoms with Gasteiger partial charge in [-0.3, -0.25) is 4.79 Å². The minimum absolute atomic E-state index is 0.0702. The summed E-state index contributed by atoms with van der Waals surface area (Å²) in [7, 11) is 0. The summed E-state index contributed by atoms with van der Waals surface area (Å²) in [5.41, 5.74) is 4.06.